The Morgan fingerprint density at radius 3 is 2.67 bits per heavy atom. The molecule has 1 N–H and O–H groups in total. The van der Waals surface area contributed by atoms with Gasteiger partial charge in [-0.25, -0.2) is 0 Å². The lowest BCUT2D eigenvalue weighted by atomic mass is 10.2. The summed E-state index contributed by atoms with van der Waals surface area (Å²) in [6.45, 7) is 3.38. The van der Waals surface area contributed by atoms with Crippen LogP contribution in [0.15, 0.2) is 41.1 Å². The Balaban J connectivity index is 1.57. The molecule has 21 heavy (non-hydrogen) atoms. The zero-order chi connectivity index (χ0) is 14.7. The van der Waals surface area contributed by atoms with Gasteiger partial charge in [0, 0.05) is 18.3 Å². The van der Waals surface area contributed by atoms with Crippen LogP contribution in [0.2, 0.25) is 0 Å². The second-order valence-corrected chi connectivity index (χ2v) is 6.46. The molecule has 0 spiro atoms. The Kier molecular flexibility index (Phi) is 4.36. The minimum Gasteiger partial charge on any atom is -0.325 e. The van der Waals surface area contributed by atoms with Crippen LogP contribution in [-0.4, -0.2) is 23.4 Å². The highest BCUT2D eigenvalue weighted by Gasteiger charge is 2.30. The van der Waals surface area contributed by atoms with Crippen LogP contribution in [0, 0.1) is 6.92 Å². The van der Waals surface area contributed by atoms with Crippen LogP contribution in [0.5, 0.6) is 0 Å². The van der Waals surface area contributed by atoms with E-state index < -0.39 is 0 Å². The molecule has 1 saturated carbocycles. The minimum absolute atomic E-state index is 0.0704. The Hall–Kier alpha value is -1.65. The van der Waals surface area contributed by atoms with Gasteiger partial charge in [0.15, 0.2) is 0 Å². The average molecular weight is 300 g/mol. The monoisotopic (exact) mass is 300 g/mol. The van der Waals surface area contributed by atoms with Crippen molar-refractivity contribution in [2.24, 2.45) is 0 Å². The molecular formula is C17H20N2OS. The van der Waals surface area contributed by atoms with E-state index in [2.05, 4.69) is 27.0 Å². The van der Waals surface area contributed by atoms with Crippen molar-refractivity contribution in [3.63, 3.8) is 0 Å². The molecule has 0 bridgehead atoms. The molecule has 2 aromatic rings. The van der Waals surface area contributed by atoms with Gasteiger partial charge in [-0.1, -0.05) is 17.7 Å². The molecule has 3 nitrogen and oxygen atoms in total. The van der Waals surface area contributed by atoms with E-state index in [9.17, 15) is 4.79 Å². The zero-order valence-corrected chi connectivity index (χ0v) is 13.0. The first-order valence-corrected chi connectivity index (χ1v) is 8.26. The molecule has 0 unspecified atom stereocenters. The van der Waals surface area contributed by atoms with Gasteiger partial charge >= 0.3 is 0 Å². The third kappa shape index (κ3) is 4.16. The van der Waals surface area contributed by atoms with E-state index in [1.54, 1.807) is 11.3 Å². The van der Waals surface area contributed by atoms with E-state index in [4.69, 9.17) is 0 Å². The van der Waals surface area contributed by atoms with Crippen molar-refractivity contribution in [1.82, 2.24) is 4.90 Å². The molecule has 0 atom stereocenters. The van der Waals surface area contributed by atoms with Crippen molar-refractivity contribution < 1.29 is 4.79 Å². The molecule has 1 aromatic carbocycles. The van der Waals surface area contributed by atoms with Gasteiger partial charge < -0.3 is 5.32 Å². The summed E-state index contributed by atoms with van der Waals surface area (Å²) in [7, 11) is 0. The number of anilines is 1. The SMILES string of the molecule is Cc1ccc(NC(=O)CN(Cc2ccsc2)C2CC2)cc1. The molecule has 0 saturated heterocycles. The number of hydrogen-bond acceptors (Lipinski definition) is 3. The number of carbonyl (C=O) groups excluding carboxylic acids is 1. The van der Waals surface area contributed by atoms with E-state index in [0.717, 1.165) is 12.2 Å². The lowest BCUT2D eigenvalue weighted by Crippen LogP contribution is -2.34. The number of aryl methyl sites for hydroxylation is 1. The van der Waals surface area contributed by atoms with Crippen LogP contribution >= 0.6 is 11.3 Å². The first-order valence-electron chi connectivity index (χ1n) is 7.32. The Morgan fingerprint density at radius 2 is 2.05 bits per heavy atom. The van der Waals surface area contributed by atoms with Crippen LogP contribution in [0.25, 0.3) is 0 Å². The lowest BCUT2D eigenvalue weighted by Gasteiger charge is -2.20. The molecule has 1 aliphatic carbocycles. The van der Waals surface area contributed by atoms with Crippen LogP contribution in [-0.2, 0) is 11.3 Å². The first-order chi connectivity index (χ1) is 10.2. The van der Waals surface area contributed by atoms with Gasteiger partial charge in [-0.15, -0.1) is 0 Å². The van der Waals surface area contributed by atoms with Gasteiger partial charge in [0.2, 0.25) is 5.91 Å². The highest BCUT2D eigenvalue weighted by Crippen LogP contribution is 2.28. The maximum atomic E-state index is 12.2. The number of rotatable bonds is 6. The van der Waals surface area contributed by atoms with Gasteiger partial charge in [0.05, 0.1) is 6.54 Å². The largest absolute Gasteiger partial charge is 0.325 e. The molecule has 110 valence electrons. The summed E-state index contributed by atoms with van der Waals surface area (Å²) in [5.41, 5.74) is 3.37. The van der Waals surface area contributed by atoms with Gasteiger partial charge in [0.1, 0.15) is 0 Å². The third-order valence-corrected chi connectivity index (χ3v) is 4.44. The molecule has 0 radical (unpaired) electrons. The number of nitrogens with zero attached hydrogens (tertiary/aromatic N) is 1. The highest BCUT2D eigenvalue weighted by atomic mass is 32.1. The normalized spacial score (nSPS) is 14.4. The van der Waals surface area contributed by atoms with Crippen LogP contribution in [0.3, 0.4) is 0 Å². The minimum atomic E-state index is 0.0704. The third-order valence-electron chi connectivity index (χ3n) is 3.71. The maximum Gasteiger partial charge on any atom is 0.238 e. The molecule has 1 amide bonds. The number of nitrogens with one attached hydrogen (secondary N) is 1. The highest BCUT2D eigenvalue weighted by molar-refractivity contribution is 7.07. The van der Waals surface area contributed by atoms with Crippen LogP contribution < -0.4 is 5.32 Å². The van der Waals surface area contributed by atoms with E-state index >= 15 is 0 Å². The summed E-state index contributed by atoms with van der Waals surface area (Å²) in [4.78, 5) is 14.5. The predicted octanol–water partition coefficient (Wildman–Crippen LogP) is 3.66. The second kappa shape index (κ2) is 6.41. The molecule has 0 aliphatic heterocycles. The smallest absolute Gasteiger partial charge is 0.238 e. The molecule has 4 heteroatoms. The average Bonchev–Trinajstić information content (AvgIpc) is 3.19. The van der Waals surface area contributed by atoms with E-state index in [1.165, 1.54) is 24.0 Å². The molecular weight excluding hydrogens is 280 g/mol. The lowest BCUT2D eigenvalue weighted by molar-refractivity contribution is -0.117. The van der Waals surface area contributed by atoms with Gasteiger partial charge in [0.25, 0.3) is 0 Å². The number of carbonyl (C=O) groups is 1. The molecule has 3 rings (SSSR count). The predicted molar refractivity (Wildman–Crippen MR) is 87.6 cm³/mol. The number of amides is 1. The van der Waals surface area contributed by atoms with Crippen molar-refractivity contribution in [2.45, 2.75) is 32.4 Å². The van der Waals surface area contributed by atoms with Crippen molar-refractivity contribution in [3.05, 3.63) is 52.2 Å². The van der Waals surface area contributed by atoms with Crippen LogP contribution in [0.1, 0.15) is 24.0 Å². The van der Waals surface area contributed by atoms with Crippen molar-refractivity contribution >= 4 is 22.9 Å². The van der Waals surface area contributed by atoms with Crippen molar-refractivity contribution in [2.75, 3.05) is 11.9 Å². The van der Waals surface area contributed by atoms with Gasteiger partial charge in [-0.3, -0.25) is 9.69 Å². The molecule has 1 fully saturated rings. The summed E-state index contributed by atoms with van der Waals surface area (Å²) < 4.78 is 0. The van der Waals surface area contributed by atoms with Gasteiger partial charge in [-0.05, 0) is 54.3 Å². The fourth-order valence-electron chi connectivity index (χ4n) is 2.39. The summed E-state index contributed by atoms with van der Waals surface area (Å²) in [6.07, 6.45) is 2.42. The number of benzene rings is 1. The zero-order valence-electron chi connectivity index (χ0n) is 12.2. The molecule has 1 heterocycles. The first kappa shape index (κ1) is 14.3. The number of thiophene rings is 1. The topological polar surface area (TPSA) is 32.3 Å². The summed E-state index contributed by atoms with van der Waals surface area (Å²) in [5.74, 6) is 0.0704. The fraction of sp³-hybridized carbons (Fsp3) is 0.353. The van der Waals surface area contributed by atoms with Crippen molar-refractivity contribution in [1.29, 1.82) is 0 Å². The maximum absolute atomic E-state index is 12.2. The standard InChI is InChI=1S/C17H20N2OS/c1-13-2-4-15(5-3-13)18-17(20)11-19(16-6-7-16)10-14-8-9-21-12-14/h2-5,8-9,12,16H,6-7,10-11H2,1H3,(H,18,20). The van der Waals surface area contributed by atoms with E-state index in [-0.39, 0.29) is 5.91 Å². The molecule has 1 aromatic heterocycles. The second-order valence-electron chi connectivity index (χ2n) is 5.68. The van der Waals surface area contributed by atoms with Crippen molar-refractivity contribution in [3.8, 4) is 0 Å². The van der Waals surface area contributed by atoms with Crippen LogP contribution in [0.4, 0.5) is 5.69 Å². The fourth-order valence-corrected chi connectivity index (χ4v) is 3.05. The summed E-state index contributed by atoms with van der Waals surface area (Å²) in [6, 6.07) is 10.6. The molecule has 1 aliphatic rings. The summed E-state index contributed by atoms with van der Waals surface area (Å²) >= 11 is 1.71. The quantitative estimate of drug-likeness (QED) is 0.883. The Morgan fingerprint density at radius 1 is 1.29 bits per heavy atom. The number of hydrogen-bond donors (Lipinski definition) is 1. The van der Waals surface area contributed by atoms with E-state index in [1.807, 2.05) is 31.2 Å². The summed E-state index contributed by atoms with van der Waals surface area (Å²) in [5, 5.41) is 7.23. The van der Waals surface area contributed by atoms with E-state index in [0.29, 0.717) is 12.6 Å². The van der Waals surface area contributed by atoms with Gasteiger partial charge in [-0.2, -0.15) is 11.3 Å². The Bertz CT molecular complexity index is 588. The Labute approximate surface area is 129 Å².